The third-order valence-electron chi connectivity index (χ3n) is 5.44. The van der Waals surface area contributed by atoms with Crippen LogP contribution in [0.3, 0.4) is 0 Å². The van der Waals surface area contributed by atoms with Crippen molar-refractivity contribution >= 4 is 17.9 Å². The number of ether oxygens (including phenoxy) is 1. The zero-order valence-electron chi connectivity index (χ0n) is 15.3. The molecule has 28 heavy (non-hydrogen) atoms. The number of rotatable bonds is 4. The van der Waals surface area contributed by atoms with Crippen molar-refractivity contribution in [3.63, 3.8) is 0 Å². The summed E-state index contributed by atoms with van der Waals surface area (Å²) in [4.78, 5) is 37.9. The van der Waals surface area contributed by atoms with Crippen LogP contribution in [0.15, 0.2) is 24.3 Å². The quantitative estimate of drug-likeness (QED) is 0.624. The number of benzene rings is 1. The molecule has 1 aromatic carbocycles. The van der Waals surface area contributed by atoms with Crippen molar-refractivity contribution in [1.29, 1.82) is 0 Å². The maximum absolute atomic E-state index is 12.8. The van der Waals surface area contributed by atoms with Gasteiger partial charge in [-0.2, -0.15) is 13.2 Å². The monoisotopic (exact) mass is 398 g/mol. The zero-order chi connectivity index (χ0) is 20.5. The van der Waals surface area contributed by atoms with Gasteiger partial charge in [0.25, 0.3) is 5.91 Å². The van der Waals surface area contributed by atoms with E-state index in [0.29, 0.717) is 6.42 Å². The van der Waals surface area contributed by atoms with Gasteiger partial charge in [0.2, 0.25) is 0 Å². The average Bonchev–Trinajstić information content (AvgIpc) is 2.87. The van der Waals surface area contributed by atoms with E-state index in [0.717, 1.165) is 36.3 Å². The van der Waals surface area contributed by atoms with Crippen molar-refractivity contribution in [1.82, 2.24) is 10.2 Å². The third kappa shape index (κ3) is 3.83. The molecule has 3 amide bonds. The van der Waals surface area contributed by atoms with E-state index in [1.165, 1.54) is 12.1 Å². The second kappa shape index (κ2) is 7.44. The number of carbonyl (C=O) groups excluding carboxylic acids is 3. The van der Waals surface area contributed by atoms with Crippen molar-refractivity contribution in [3.05, 3.63) is 35.4 Å². The lowest BCUT2D eigenvalue weighted by Gasteiger charge is -2.36. The molecule has 1 N–H and O–H groups in total. The molecule has 0 aromatic heterocycles. The molecule has 152 valence electrons. The van der Waals surface area contributed by atoms with E-state index in [9.17, 15) is 27.6 Å². The lowest BCUT2D eigenvalue weighted by molar-refractivity contribution is -0.149. The molecule has 2 fully saturated rings. The number of alkyl halides is 3. The summed E-state index contributed by atoms with van der Waals surface area (Å²) in [5, 5.41) is 2.73. The smallest absolute Gasteiger partial charge is 0.416 e. The molecule has 1 saturated carbocycles. The number of nitrogens with one attached hydrogen (secondary N) is 1. The molecule has 1 aliphatic carbocycles. The molecule has 9 heteroatoms. The Bertz CT molecular complexity index is 796. The van der Waals surface area contributed by atoms with E-state index in [1.54, 1.807) is 0 Å². The second-order valence-electron chi connectivity index (χ2n) is 7.30. The summed E-state index contributed by atoms with van der Waals surface area (Å²) in [7, 11) is 0. The molecule has 1 aromatic rings. The van der Waals surface area contributed by atoms with Crippen molar-refractivity contribution < 1.29 is 32.3 Å². The molecule has 0 radical (unpaired) electrons. The molecular weight excluding hydrogens is 377 g/mol. The molecule has 1 saturated heterocycles. The van der Waals surface area contributed by atoms with Crippen LogP contribution in [0.25, 0.3) is 0 Å². The number of amides is 3. The molecule has 1 heterocycles. The highest BCUT2D eigenvalue weighted by Gasteiger charge is 2.55. The fourth-order valence-electron chi connectivity index (χ4n) is 3.82. The van der Waals surface area contributed by atoms with Gasteiger partial charge in [-0.25, -0.2) is 4.79 Å². The highest BCUT2D eigenvalue weighted by Crippen LogP contribution is 2.38. The van der Waals surface area contributed by atoms with Gasteiger partial charge in [-0.05, 0) is 36.5 Å². The summed E-state index contributed by atoms with van der Waals surface area (Å²) < 4.78 is 43.2. The standard InChI is InChI=1S/C19H21F3N2O4/c1-12-5-2-3-8-18(12)16(26)24(17(27)23-18)10-15(25)28-11-13-6-4-7-14(9-13)19(20,21)22/h4,6-7,9,12H,2-3,5,8,10-11H2,1H3,(H,23,27)/t12-,18+/m0/s1. The normalized spacial score (nSPS) is 25.1. The summed E-state index contributed by atoms with van der Waals surface area (Å²) in [6.07, 6.45) is -1.38. The van der Waals surface area contributed by atoms with Gasteiger partial charge < -0.3 is 10.1 Å². The SMILES string of the molecule is C[C@H]1CCCC[C@@]12NC(=O)N(CC(=O)OCc1cccc(C(F)(F)F)c1)C2=O. The number of carbonyl (C=O) groups is 3. The Hall–Kier alpha value is -2.58. The minimum atomic E-state index is -4.49. The average molecular weight is 398 g/mol. The first kappa shape index (κ1) is 20.2. The Kier molecular flexibility index (Phi) is 5.36. The maximum atomic E-state index is 12.8. The summed E-state index contributed by atoms with van der Waals surface area (Å²) in [5.41, 5.74) is -1.66. The Balaban J connectivity index is 1.61. The first-order valence-electron chi connectivity index (χ1n) is 9.09. The van der Waals surface area contributed by atoms with E-state index in [4.69, 9.17) is 4.74 Å². The molecule has 1 aliphatic heterocycles. The molecule has 3 rings (SSSR count). The maximum Gasteiger partial charge on any atom is 0.416 e. The van der Waals surface area contributed by atoms with Crippen LogP contribution in [0, 0.1) is 5.92 Å². The van der Waals surface area contributed by atoms with E-state index in [2.05, 4.69) is 5.32 Å². The summed E-state index contributed by atoms with van der Waals surface area (Å²) in [6, 6.07) is 3.78. The van der Waals surface area contributed by atoms with Crippen molar-refractivity contribution in [2.45, 2.75) is 50.9 Å². The minimum Gasteiger partial charge on any atom is -0.459 e. The van der Waals surface area contributed by atoms with Gasteiger partial charge in [0.05, 0.1) is 5.56 Å². The molecule has 0 bridgehead atoms. The summed E-state index contributed by atoms with van der Waals surface area (Å²) in [5.74, 6) is -1.34. The van der Waals surface area contributed by atoms with Gasteiger partial charge in [-0.1, -0.05) is 31.9 Å². The first-order valence-corrected chi connectivity index (χ1v) is 9.09. The Labute approximate surface area is 160 Å². The molecule has 2 atom stereocenters. The van der Waals surface area contributed by atoms with Gasteiger partial charge in [0, 0.05) is 0 Å². The van der Waals surface area contributed by atoms with Crippen LogP contribution >= 0.6 is 0 Å². The van der Waals surface area contributed by atoms with Crippen LogP contribution in [-0.4, -0.2) is 34.9 Å². The van der Waals surface area contributed by atoms with Crippen LogP contribution < -0.4 is 5.32 Å². The number of halogens is 3. The van der Waals surface area contributed by atoms with Gasteiger partial charge in [0.1, 0.15) is 18.7 Å². The van der Waals surface area contributed by atoms with E-state index >= 15 is 0 Å². The first-order chi connectivity index (χ1) is 13.1. The number of nitrogens with zero attached hydrogens (tertiary/aromatic N) is 1. The largest absolute Gasteiger partial charge is 0.459 e. The number of esters is 1. The van der Waals surface area contributed by atoms with Gasteiger partial charge in [0.15, 0.2) is 0 Å². The molecular formula is C19H21F3N2O4. The fourth-order valence-corrected chi connectivity index (χ4v) is 3.82. The summed E-state index contributed by atoms with van der Waals surface area (Å²) >= 11 is 0. The highest BCUT2D eigenvalue weighted by atomic mass is 19.4. The van der Waals surface area contributed by atoms with Crippen molar-refractivity contribution in [2.24, 2.45) is 5.92 Å². The van der Waals surface area contributed by atoms with Crippen molar-refractivity contribution in [3.8, 4) is 0 Å². The number of imide groups is 1. The minimum absolute atomic E-state index is 0.0381. The Morgan fingerprint density at radius 1 is 1.32 bits per heavy atom. The second-order valence-corrected chi connectivity index (χ2v) is 7.30. The van der Waals surface area contributed by atoms with Crippen LogP contribution in [0.1, 0.15) is 43.7 Å². The van der Waals surface area contributed by atoms with Gasteiger partial charge >= 0.3 is 18.2 Å². The highest BCUT2D eigenvalue weighted by molar-refractivity contribution is 6.08. The molecule has 2 aliphatic rings. The third-order valence-corrected chi connectivity index (χ3v) is 5.44. The van der Waals surface area contributed by atoms with Gasteiger partial charge in [-0.15, -0.1) is 0 Å². The summed E-state index contributed by atoms with van der Waals surface area (Å²) in [6.45, 7) is 0.943. The van der Waals surface area contributed by atoms with E-state index in [1.807, 2.05) is 6.92 Å². The van der Waals surface area contributed by atoms with Crippen LogP contribution in [-0.2, 0) is 27.1 Å². The topological polar surface area (TPSA) is 75.7 Å². The predicted molar refractivity (Wildman–Crippen MR) is 91.8 cm³/mol. The zero-order valence-corrected chi connectivity index (χ0v) is 15.3. The molecule has 0 unspecified atom stereocenters. The fraction of sp³-hybridized carbons (Fsp3) is 0.526. The predicted octanol–water partition coefficient (Wildman–Crippen LogP) is 3.25. The van der Waals surface area contributed by atoms with E-state index < -0.39 is 41.7 Å². The number of hydrogen-bond donors (Lipinski definition) is 1. The van der Waals surface area contributed by atoms with Crippen molar-refractivity contribution in [2.75, 3.05) is 6.54 Å². The van der Waals surface area contributed by atoms with Crippen LogP contribution in [0.2, 0.25) is 0 Å². The molecule has 1 spiro atoms. The number of urea groups is 1. The lowest BCUT2D eigenvalue weighted by Crippen LogP contribution is -2.54. The Morgan fingerprint density at radius 2 is 2.07 bits per heavy atom. The van der Waals surface area contributed by atoms with Gasteiger partial charge in [-0.3, -0.25) is 14.5 Å². The van der Waals surface area contributed by atoms with Crippen LogP contribution in [0.5, 0.6) is 0 Å². The lowest BCUT2D eigenvalue weighted by atomic mass is 9.73. The van der Waals surface area contributed by atoms with Crippen LogP contribution in [0.4, 0.5) is 18.0 Å². The van der Waals surface area contributed by atoms with E-state index in [-0.39, 0.29) is 18.1 Å². The number of hydrogen-bond acceptors (Lipinski definition) is 4. The molecule has 6 nitrogen and oxygen atoms in total. The Morgan fingerprint density at radius 3 is 2.75 bits per heavy atom.